The quantitative estimate of drug-likeness (QED) is 0.0473. The first-order valence-corrected chi connectivity index (χ1v) is 16.5. The molecule has 2 atom stereocenters. The number of hydrogen-bond donors (Lipinski definition) is 2. The molecule has 18 heteroatoms. The number of nitrogens with zero attached hydrogens (tertiary/aromatic N) is 2. The van der Waals surface area contributed by atoms with E-state index in [0.29, 0.717) is 12.8 Å². The van der Waals surface area contributed by atoms with Crippen molar-refractivity contribution >= 4 is 35.1 Å². The van der Waals surface area contributed by atoms with E-state index in [-0.39, 0.29) is 104 Å². The van der Waals surface area contributed by atoms with Gasteiger partial charge in [0.15, 0.2) is 11.5 Å². The van der Waals surface area contributed by atoms with Crippen molar-refractivity contribution in [2.75, 3.05) is 46.6 Å². The fraction of sp³-hybridized carbons (Fsp3) is 0.429. The van der Waals surface area contributed by atoms with E-state index in [4.69, 9.17) is 28.4 Å². The number of nitro benzene ring substituents is 2. The van der Waals surface area contributed by atoms with E-state index in [1.54, 1.807) is 0 Å². The number of nitro groups is 2. The molecule has 2 unspecified atom stereocenters. The van der Waals surface area contributed by atoms with Crippen LogP contribution in [0.3, 0.4) is 0 Å². The van der Waals surface area contributed by atoms with E-state index in [1.807, 2.05) is 0 Å². The Morgan fingerprint density at radius 3 is 1.75 bits per heavy atom. The number of carbonyl (C=O) groups is 4. The highest BCUT2D eigenvalue weighted by molar-refractivity contribution is 5.82. The molecule has 53 heavy (non-hydrogen) atoms. The lowest BCUT2D eigenvalue weighted by Gasteiger charge is -2.16. The third-order valence-corrected chi connectivity index (χ3v) is 7.26. The SMILES string of the molecule is C=CC(=O)OC(C)c1ccc(OCCCC(=O)NCCOCCNC(=O)CCCOc2cc([N+](=O)[O-])c(C(C)OC(=O)C=C)cc2OC)cc1[N+](=O)[O-]. The minimum atomic E-state index is -0.948. The first-order chi connectivity index (χ1) is 25.3. The molecule has 0 saturated carbocycles. The van der Waals surface area contributed by atoms with E-state index < -0.39 is 34.0 Å². The van der Waals surface area contributed by atoms with Gasteiger partial charge in [0.1, 0.15) is 18.0 Å². The molecule has 2 N–H and O–H groups in total. The molecule has 0 aliphatic rings. The molecule has 0 radical (unpaired) electrons. The summed E-state index contributed by atoms with van der Waals surface area (Å²) in [5.41, 5.74) is -0.288. The number of carbonyl (C=O) groups excluding carboxylic acids is 4. The summed E-state index contributed by atoms with van der Waals surface area (Å²) in [6.07, 6.45) is 1.02. The van der Waals surface area contributed by atoms with E-state index in [2.05, 4.69) is 23.8 Å². The van der Waals surface area contributed by atoms with Crippen LogP contribution in [0.5, 0.6) is 17.2 Å². The van der Waals surface area contributed by atoms with Gasteiger partial charge in [-0.1, -0.05) is 13.2 Å². The van der Waals surface area contributed by atoms with Gasteiger partial charge in [-0.3, -0.25) is 29.8 Å². The number of hydrogen-bond acceptors (Lipinski definition) is 14. The van der Waals surface area contributed by atoms with Crippen LogP contribution in [0.15, 0.2) is 55.6 Å². The first kappa shape index (κ1) is 43.1. The Kier molecular flexibility index (Phi) is 18.5. The van der Waals surface area contributed by atoms with Gasteiger partial charge in [-0.05, 0) is 44.9 Å². The minimum Gasteiger partial charge on any atom is -0.493 e. The highest BCUT2D eigenvalue weighted by Crippen LogP contribution is 2.38. The fourth-order valence-electron chi connectivity index (χ4n) is 4.65. The normalized spacial score (nSPS) is 11.6. The molecule has 0 aromatic heterocycles. The number of amides is 2. The van der Waals surface area contributed by atoms with Gasteiger partial charge in [-0.2, -0.15) is 0 Å². The summed E-state index contributed by atoms with van der Waals surface area (Å²) in [7, 11) is 1.36. The second-order valence-electron chi connectivity index (χ2n) is 11.1. The van der Waals surface area contributed by atoms with E-state index in [9.17, 15) is 39.4 Å². The van der Waals surface area contributed by atoms with Gasteiger partial charge in [-0.15, -0.1) is 0 Å². The maximum Gasteiger partial charge on any atom is 0.330 e. The lowest BCUT2D eigenvalue weighted by Crippen LogP contribution is -2.30. The Balaban J connectivity index is 1.62. The molecule has 0 heterocycles. The lowest BCUT2D eigenvalue weighted by molar-refractivity contribution is -0.386. The van der Waals surface area contributed by atoms with Crippen LogP contribution in [0.4, 0.5) is 11.4 Å². The van der Waals surface area contributed by atoms with Crippen molar-refractivity contribution in [3.05, 3.63) is 87.0 Å². The minimum absolute atomic E-state index is 0.0647. The van der Waals surface area contributed by atoms with Gasteiger partial charge in [0, 0.05) is 38.1 Å². The molecule has 2 amide bonds. The molecule has 0 bridgehead atoms. The average molecular weight is 745 g/mol. The molecular weight excluding hydrogens is 700 g/mol. The van der Waals surface area contributed by atoms with Crippen LogP contribution in [-0.4, -0.2) is 80.2 Å². The summed E-state index contributed by atoms with van der Waals surface area (Å²) in [6, 6.07) is 6.72. The van der Waals surface area contributed by atoms with Crippen LogP contribution in [0.25, 0.3) is 0 Å². The summed E-state index contributed by atoms with van der Waals surface area (Å²) in [6.45, 7) is 10.7. The number of ether oxygens (including phenoxy) is 6. The lowest BCUT2D eigenvalue weighted by atomic mass is 10.1. The molecule has 288 valence electrons. The number of methoxy groups -OCH3 is 1. The smallest absolute Gasteiger partial charge is 0.330 e. The average Bonchev–Trinajstić information content (AvgIpc) is 3.13. The predicted molar refractivity (Wildman–Crippen MR) is 188 cm³/mol. The first-order valence-electron chi connectivity index (χ1n) is 16.5. The monoisotopic (exact) mass is 744 g/mol. The molecule has 0 spiro atoms. The highest BCUT2D eigenvalue weighted by atomic mass is 16.6. The summed E-state index contributed by atoms with van der Waals surface area (Å²) in [5.74, 6) is -1.42. The Hall–Kier alpha value is -6.04. The van der Waals surface area contributed by atoms with Gasteiger partial charge in [0.05, 0.1) is 66.6 Å². The van der Waals surface area contributed by atoms with Crippen LogP contribution in [0, 0.1) is 20.2 Å². The van der Waals surface area contributed by atoms with Gasteiger partial charge in [-0.25, -0.2) is 9.59 Å². The Morgan fingerprint density at radius 2 is 1.25 bits per heavy atom. The molecular formula is C35H44N4O14. The zero-order valence-electron chi connectivity index (χ0n) is 29.8. The van der Waals surface area contributed by atoms with Gasteiger partial charge >= 0.3 is 11.9 Å². The largest absolute Gasteiger partial charge is 0.493 e. The third-order valence-electron chi connectivity index (χ3n) is 7.26. The highest BCUT2D eigenvalue weighted by Gasteiger charge is 2.26. The summed E-state index contributed by atoms with van der Waals surface area (Å²) in [4.78, 5) is 69.2. The number of nitrogens with one attached hydrogen (secondary N) is 2. The van der Waals surface area contributed by atoms with Crippen molar-refractivity contribution in [1.82, 2.24) is 10.6 Å². The number of rotatable bonds is 25. The van der Waals surface area contributed by atoms with E-state index >= 15 is 0 Å². The fourth-order valence-corrected chi connectivity index (χ4v) is 4.65. The van der Waals surface area contributed by atoms with Crippen LogP contribution in [0.1, 0.15) is 62.9 Å². The Labute approximate surface area is 305 Å². The maximum atomic E-state index is 12.2. The van der Waals surface area contributed by atoms with Gasteiger partial charge in [0.25, 0.3) is 11.4 Å². The van der Waals surface area contributed by atoms with Crippen LogP contribution in [0.2, 0.25) is 0 Å². The van der Waals surface area contributed by atoms with Crippen molar-refractivity contribution in [3.8, 4) is 17.2 Å². The topological polar surface area (TPSA) is 234 Å². The van der Waals surface area contributed by atoms with Crippen molar-refractivity contribution in [2.24, 2.45) is 0 Å². The second kappa shape index (κ2) is 22.7. The number of benzene rings is 2. The third kappa shape index (κ3) is 15.0. The molecule has 2 aromatic rings. The Morgan fingerprint density at radius 1 is 0.736 bits per heavy atom. The van der Waals surface area contributed by atoms with E-state index in [1.165, 1.54) is 51.3 Å². The summed E-state index contributed by atoms with van der Waals surface area (Å²) in [5, 5.41) is 28.6. The predicted octanol–water partition coefficient (Wildman–Crippen LogP) is 4.36. The van der Waals surface area contributed by atoms with Crippen LogP contribution < -0.4 is 24.8 Å². The molecule has 2 aromatic carbocycles. The molecule has 0 aliphatic heterocycles. The molecule has 0 fully saturated rings. The molecule has 2 rings (SSSR count). The Bertz CT molecular complexity index is 1630. The number of esters is 2. The molecule has 0 aliphatic carbocycles. The van der Waals surface area contributed by atoms with Crippen molar-refractivity contribution < 1.29 is 57.4 Å². The molecule has 0 saturated heterocycles. The second-order valence-corrected chi connectivity index (χ2v) is 11.1. The standard InChI is InChI=1S/C35H44N4O14/c1-6-34(42)52-23(3)26-13-12-25(20-28(26)38(44)45)50-16-8-10-32(40)36-14-18-49-19-15-37-33(41)11-9-17-51-31-22-29(39(46)47)27(21-30(31)48-5)24(4)53-35(43)7-2/h6-7,12-13,20-24H,1-2,8-11,14-19H2,3-5H3,(H,36,40)(H,37,41). The summed E-state index contributed by atoms with van der Waals surface area (Å²) >= 11 is 0. The zero-order chi connectivity index (χ0) is 39.3. The molecule has 18 nitrogen and oxygen atoms in total. The van der Waals surface area contributed by atoms with Crippen molar-refractivity contribution in [3.63, 3.8) is 0 Å². The van der Waals surface area contributed by atoms with Crippen LogP contribution >= 0.6 is 0 Å². The van der Waals surface area contributed by atoms with Crippen molar-refractivity contribution in [2.45, 2.75) is 51.7 Å². The zero-order valence-corrected chi connectivity index (χ0v) is 29.8. The van der Waals surface area contributed by atoms with Gasteiger partial charge in [0.2, 0.25) is 11.8 Å². The van der Waals surface area contributed by atoms with Gasteiger partial charge < -0.3 is 39.1 Å². The van der Waals surface area contributed by atoms with E-state index in [0.717, 1.165) is 12.2 Å². The van der Waals surface area contributed by atoms with Crippen LogP contribution in [-0.2, 0) is 33.4 Å². The maximum absolute atomic E-state index is 12.2. The van der Waals surface area contributed by atoms with Crippen molar-refractivity contribution in [1.29, 1.82) is 0 Å². The summed E-state index contributed by atoms with van der Waals surface area (Å²) < 4.78 is 32.1.